The monoisotopic (exact) mass is 478 g/mol. The van der Waals surface area contributed by atoms with Crippen LogP contribution in [0, 0.1) is 5.92 Å². The number of rotatable bonds is 6. The van der Waals surface area contributed by atoms with E-state index < -0.39 is 17.3 Å². The zero-order chi connectivity index (χ0) is 25.4. The average Bonchev–Trinajstić information content (AvgIpc) is 3.19. The number of amides is 2. The molecule has 0 spiro atoms. The molecule has 186 valence electrons. The van der Waals surface area contributed by atoms with E-state index in [0.717, 1.165) is 24.1 Å². The number of nitrogens with one attached hydrogen (secondary N) is 2. The SMILES string of the molecule is CC(C)(C)NC(=O)C1CCN(Cc2cc(C(N)=O)ccc2C2(C(=O)O)CNc3ccccc32)CC1. The molecule has 1 atom stereocenters. The normalized spacial score (nSPS) is 20.7. The van der Waals surface area contributed by atoms with Gasteiger partial charge >= 0.3 is 5.97 Å². The quantitative estimate of drug-likeness (QED) is 0.506. The second-order valence-corrected chi connectivity index (χ2v) is 10.6. The number of carbonyl (C=O) groups is 3. The molecule has 1 saturated heterocycles. The number of hydrogen-bond donors (Lipinski definition) is 4. The van der Waals surface area contributed by atoms with E-state index in [4.69, 9.17) is 5.73 Å². The van der Waals surface area contributed by atoms with Gasteiger partial charge in [-0.3, -0.25) is 19.3 Å². The maximum Gasteiger partial charge on any atom is 0.320 e. The third-order valence-corrected chi connectivity index (χ3v) is 7.00. The first-order valence-corrected chi connectivity index (χ1v) is 12.1. The maximum atomic E-state index is 12.8. The first-order valence-electron chi connectivity index (χ1n) is 12.1. The standard InChI is InChI=1S/C27H34N4O4/c1-26(2,3)30-24(33)17-10-12-31(13-11-17)15-19-14-18(23(28)32)8-9-20(19)27(25(34)35)16-29-22-7-5-4-6-21(22)27/h4-9,14,17,29H,10-13,15-16H2,1-3H3,(H2,28,32)(H,30,33)(H,34,35). The third-order valence-electron chi connectivity index (χ3n) is 7.00. The Morgan fingerprint density at radius 3 is 2.43 bits per heavy atom. The Morgan fingerprint density at radius 1 is 1.11 bits per heavy atom. The molecule has 0 bridgehead atoms. The van der Waals surface area contributed by atoms with Gasteiger partial charge in [0.2, 0.25) is 11.8 Å². The number of carboxylic acid groups (broad SMARTS) is 1. The van der Waals surface area contributed by atoms with Crippen molar-refractivity contribution in [2.75, 3.05) is 25.0 Å². The molecule has 2 aromatic carbocycles. The van der Waals surface area contributed by atoms with Crippen molar-refractivity contribution >= 4 is 23.5 Å². The fourth-order valence-corrected chi connectivity index (χ4v) is 5.24. The van der Waals surface area contributed by atoms with Crippen LogP contribution in [0.2, 0.25) is 0 Å². The minimum atomic E-state index is -1.27. The van der Waals surface area contributed by atoms with Gasteiger partial charge in [0.1, 0.15) is 5.41 Å². The number of carboxylic acids is 1. The van der Waals surface area contributed by atoms with E-state index in [2.05, 4.69) is 15.5 Å². The molecule has 0 aliphatic carbocycles. The van der Waals surface area contributed by atoms with Crippen molar-refractivity contribution in [1.29, 1.82) is 0 Å². The Balaban J connectivity index is 1.63. The molecule has 0 saturated carbocycles. The van der Waals surface area contributed by atoms with Gasteiger partial charge in [-0.05, 0) is 81.6 Å². The van der Waals surface area contributed by atoms with Crippen LogP contribution in [-0.4, -0.2) is 53.0 Å². The van der Waals surface area contributed by atoms with E-state index in [0.29, 0.717) is 36.3 Å². The highest BCUT2D eigenvalue weighted by Crippen LogP contribution is 2.44. The average molecular weight is 479 g/mol. The summed E-state index contributed by atoms with van der Waals surface area (Å²) in [7, 11) is 0. The lowest BCUT2D eigenvalue weighted by atomic mass is 9.73. The zero-order valence-corrected chi connectivity index (χ0v) is 20.6. The molecule has 1 fully saturated rings. The third kappa shape index (κ3) is 4.89. The van der Waals surface area contributed by atoms with Crippen molar-refractivity contribution in [2.24, 2.45) is 11.7 Å². The predicted molar refractivity (Wildman–Crippen MR) is 134 cm³/mol. The topological polar surface area (TPSA) is 125 Å². The van der Waals surface area contributed by atoms with E-state index in [1.807, 2.05) is 45.0 Å². The first kappa shape index (κ1) is 24.7. The van der Waals surface area contributed by atoms with Gasteiger partial charge in [0.15, 0.2) is 0 Å². The number of primary amides is 1. The second-order valence-electron chi connectivity index (χ2n) is 10.6. The number of nitrogens with two attached hydrogens (primary N) is 1. The van der Waals surface area contributed by atoms with Crippen LogP contribution in [0.5, 0.6) is 0 Å². The Kier molecular flexibility index (Phi) is 6.60. The minimum Gasteiger partial charge on any atom is -0.480 e. The van der Waals surface area contributed by atoms with Crippen LogP contribution in [0.15, 0.2) is 42.5 Å². The highest BCUT2D eigenvalue weighted by Gasteiger charge is 2.48. The largest absolute Gasteiger partial charge is 0.480 e. The number of anilines is 1. The molecule has 8 heteroatoms. The zero-order valence-electron chi connectivity index (χ0n) is 20.6. The molecule has 2 aliphatic heterocycles. The smallest absolute Gasteiger partial charge is 0.320 e. The number of nitrogens with zero attached hydrogens (tertiary/aromatic N) is 1. The second kappa shape index (κ2) is 9.34. The number of piperidine rings is 1. The molecule has 1 unspecified atom stereocenters. The van der Waals surface area contributed by atoms with Gasteiger partial charge in [0, 0.05) is 35.8 Å². The van der Waals surface area contributed by atoms with Crippen molar-refractivity contribution in [2.45, 2.75) is 51.1 Å². The summed E-state index contributed by atoms with van der Waals surface area (Å²) >= 11 is 0. The van der Waals surface area contributed by atoms with Gasteiger partial charge in [-0.25, -0.2) is 0 Å². The Labute approximate surface area is 205 Å². The van der Waals surface area contributed by atoms with Crippen LogP contribution in [0.4, 0.5) is 5.69 Å². The summed E-state index contributed by atoms with van der Waals surface area (Å²) in [5.74, 6) is -1.46. The highest BCUT2D eigenvalue weighted by atomic mass is 16.4. The molecule has 2 amide bonds. The lowest BCUT2D eigenvalue weighted by molar-refractivity contribution is -0.141. The Morgan fingerprint density at radius 2 is 1.80 bits per heavy atom. The Bertz CT molecular complexity index is 1150. The molecule has 0 radical (unpaired) electrons. The molecular formula is C27H34N4O4. The summed E-state index contributed by atoms with van der Waals surface area (Å²) in [6.45, 7) is 8.03. The summed E-state index contributed by atoms with van der Waals surface area (Å²) in [4.78, 5) is 39.6. The van der Waals surface area contributed by atoms with Crippen LogP contribution in [-0.2, 0) is 21.5 Å². The molecule has 8 nitrogen and oxygen atoms in total. The minimum absolute atomic E-state index is 0.0434. The number of aliphatic carboxylic acids is 1. The molecule has 4 rings (SSSR count). The van der Waals surface area contributed by atoms with E-state index in [-0.39, 0.29) is 23.9 Å². The summed E-state index contributed by atoms with van der Waals surface area (Å²) < 4.78 is 0. The number of carbonyl (C=O) groups excluding carboxylic acids is 2. The summed E-state index contributed by atoms with van der Waals surface area (Å²) in [6.07, 6.45) is 1.45. The highest BCUT2D eigenvalue weighted by molar-refractivity contribution is 5.95. The molecule has 0 aromatic heterocycles. The number of hydrogen-bond acceptors (Lipinski definition) is 5. The maximum absolute atomic E-state index is 12.8. The lowest BCUT2D eigenvalue weighted by Gasteiger charge is -2.34. The van der Waals surface area contributed by atoms with Crippen molar-refractivity contribution in [1.82, 2.24) is 10.2 Å². The molecule has 5 N–H and O–H groups in total. The molecule has 2 aliphatic rings. The van der Waals surface area contributed by atoms with Gasteiger partial charge in [-0.15, -0.1) is 0 Å². The van der Waals surface area contributed by atoms with Crippen molar-refractivity contribution in [3.63, 3.8) is 0 Å². The van der Waals surface area contributed by atoms with Crippen LogP contribution in [0.25, 0.3) is 0 Å². The molecular weight excluding hydrogens is 444 g/mol. The fourth-order valence-electron chi connectivity index (χ4n) is 5.24. The van der Waals surface area contributed by atoms with Gasteiger partial charge in [0.05, 0.1) is 0 Å². The van der Waals surface area contributed by atoms with Gasteiger partial charge in [-0.2, -0.15) is 0 Å². The van der Waals surface area contributed by atoms with Crippen molar-refractivity contribution < 1.29 is 19.5 Å². The predicted octanol–water partition coefficient (Wildman–Crippen LogP) is 2.71. The number of para-hydroxylation sites is 1. The molecule has 2 aromatic rings. The van der Waals surface area contributed by atoms with Gasteiger partial charge in [-0.1, -0.05) is 24.3 Å². The number of benzene rings is 2. The summed E-state index contributed by atoms with van der Waals surface area (Å²) in [5.41, 5.74) is 7.30. The van der Waals surface area contributed by atoms with E-state index in [9.17, 15) is 19.5 Å². The summed E-state index contributed by atoms with van der Waals surface area (Å²) in [6, 6.07) is 12.5. The van der Waals surface area contributed by atoms with Crippen LogP contribution in [0.3, 0.4) is 0 Å². The van der Waals surface area contributed by atoms with Crippen LogP contribution in [0.1, 0.15) is 60.7 Å². The molecule has 35 heavy (non-hydrogen) atoms. The Hall–Kier alpha value is -3.39. The molecule has 2 heterocycles. The van der Waals surface area contributed by atoms with Gasteiger partial charge in [0.25, 0.3) is 0 Å². The summed E-state index contributed by atoms with van der Waals surface area (Å²) in [5, 5.41) is 16.8. The van der Waals surface area contributed by atoms with Crippen molar-refractivity contribution in [3.8, 4) is 0 Å². The first-order chi connectivity index (χ1) is 16.5. The van der Waals surface area contributed by atoms with E-state index >= 15 is 0 Å². The van der Waals surface area contributed by atoms with E-state index in [1.165, 1.54) is 0 Å². The fraction of sp³-hybridized carbons (Fsp3) is 0.444. The van der Waals surface area contributed by atoms with Crippen LogP contribution < -0.4 is 16.4 Å². The van der Waals surface area contributed by atoms with E-state index in [1.54, 1.807) is 18.2 Å². The lowest BCUT2D eigenvalue weighted by Crippen LogP contribution is -2.47. The number of likely N-dealkylation sites (tertiary alicyclic amines) is 1. The van der Waals surface area contributed by atoms with Gasteiger partial charge < -0.3 is 21.5 Å². The number of fused-ring (bicyclic) bond motifs is 1. The van der Waals surface area contributed by atoms with Crippen LogP contribution >= 0.6 is 0 Å². The van der Waals surface area contributed by atoms with Crippen molar-refractivity contribution in [3.05, 3.63) is 64.7 Å².